The molecular weight excluding hydrogens is 208 g/mol. The van der Waals surface area contributed by atoms with Crippen molar-refractivity contribution in [2.75, 3.05) is 13.2 Å². The number of thiazole rings is 1. The molecule has 0 saturated carbocycles. The first-order valence-corrected chi connectivity index (χ1v) is 6.24. The van der Waals surface area contributed by atoms with E-state index in [1.807, 2.05) is 11.7 Å². The van der Waals surface area contributed by atoms with E-state index in [1.165, 1.54) is 4.88 Å². The highest BCUT2D eigenvalue weighted by Gasteiger charge is 2.21. The summed E-state index contributed by atoms with van der Waals surface area (Å²) in [5, 5.41) is 3.49. The molecule has 2 heterocycles. The van der Waals surface area contributed by atoms with E-state index >= 15 is 0 Å². The Morgan fingerprint density at radius 3 is 3.20 bits per heavy atom. The summed E-state index contributed by atoms with van der Waals surface area (Å²) in [5.74, 6) is 1.06. The van der Waals surface area contributed by atoms with Crippen molar-refractivity contribution in [1.82, 2.24) is 10.3 Å². The van der Waals surface area contributed by atoms with Gasteiger partial charge in [-0.2, -0.15) is 0 Å². The molecule has 0 bridgehead atoms. The monoisotopic (exact) mass is 224 g/mol. The first kappa shape index (κ1) is 10.6. The zero-order valence-electron chi connectivity index (χ0n) is 8.90. The quantitative estimate of drug-likeness (QED) is 0.834. The van der Waals surface area contributed by atoms with Crippen molar-refractivity contribution in [3.05, 3.63) is 28.4 Å². The van der Waals surface area contributed by atoms with Crippen LogP contribution in [-0.4, -0.2) is 18.1 Å². The first-order chi connectivity index (χ1) is 7.42. The van der Waals surface area contributed by atoms with E-state index in [4.69, 9.17) is 4.74 Å². The maximum atomic E-state index is 5.61. The van der Waals surface area contributed by atoms with Crippen LogP contribution in [0, 0.1) is 0 Å². The predicted octanol–water partition coefficient (Wildman–Crippen LogP) is 2.49. The van der Waals surface area contributed by atoms with E-state index in [-0.39, 0.29) is 6.04 Å². The molecule has 15 heavy (non-hydrogen) atoms. The Morgan fingerprint density at radius 2 is 2.60 bits per heavy atom. The molecule has 82 valence electrons. The maximum Gasteiger partial charge on any atom is 0.114 e. The molecule has 1 aromatic heterocycles. The Hall–Kier alpha value is -0.870. The third kappa shape index (κ3) is 2.58. The summed E-state index contributed by atoms with van der Waals surface area (Å²) < 4.78 is 5.61. The zero-order chi connectivity index (χ0) is 10.5. The summed E-state index contributed by atoms with van der Waals surface area (Å²) >= 11 is 1.67. The van der Waals surface area contributed by atoms with Gasteiger partial charge >= 0.3 is 0 Å². The molecule has 0 aromatic carbocycles. The van der Waals surface area contributed by atoms with Crippen LogP contribution in [0.5, 0.6) is 0 Å². The largest absolute Gasteiger partial charge is 0.496 e. The molecule has 4 heteroatoms. The number of aromatic nitrogens is 1. The topological polar surface area (TPSA) is 34.1 Å². The molecule has 1 aliphatic rings. The summed E-state index contributed by atoms with van der Waals surface area (Å²) in [6.45, 7) is 3.99. The van der Waals surface area contributed by atoms with Gasteiger partial charge in [-0.1, -0.05) is 6.92 Å². The summed E-state index contributed by atoms with van der Waals surface area (Å²) in [6.07, 6.45) is 6.24. The molecule has 0 fully saturated rings. The fourth-order valence-corrected chi connectivity index (χ4v) is 2.34. The van der Waals surface area contributed by atoms with Gasteiger partial charge in [0, 0.05) is 17.5 Å². The van der Waals surface area contributed by atoms with Crippen molar-refractivity contribution in [1.29, 1.82) is 0 Å². The van der Waals surface area contributed by atoms with E-state index in [2.05, 4.69) is 23.3 Å². The van der Waals surface area contributed by atoms with Gasteiger partial charge in [0.15, 0.2) is 0 Å². The number of nitrogens with zero attached hydrogens (tertiary/aromatic N) is 1. The predicted molar refractivity (Wildman–Crippen MR) is 61.8 cm³/mol. The van der Waals surface area contributed by atoms with Crippen molar-refractivity contribution < 1.29 is 4.74 Å². The minimum Gasteiger partial charge on any atom is -0.496 e. The second kappa shape index (κ2) is 5.28. The lowest BCUT2D eigenvalue weighted by atomic mass is 10.2. The van der Waals surface area contributed by atoms with Crippen molar-refractivity contribution in [2.45, 2.75) is 25.8 Å². The number of hydrogen-bond acceptors (Lipinski definition) is 4. The van der Waals surface area contributed by atoms with Gasteiger partial charge in [-0.3, -0.25) is 4.98 Å². The minimum atomic E-state index is 0.208. The van der Waals surface area contributed by atoms with Crippen LogP contribution in [0.4, 0.5) is 0 Å². The molecule has 1 aliphatic heterocycles. The number of nitrogens with one attached hydrogen (secondary N) is 1. The third-order valence-corrected chi connectivity index (χ3v) is 3.19. The Labute approximate surface area is 94.2 Å². The Kier molecular flexibility index (Phi) is 3.75. The summed E-state index contributed by atoms with van der Waals surface area (Å²) in [4.78, 5) is 5.35. The number of ether oxygens (including phenoxy) is 1. The standard InChI is InChI=1S/C11H16N2OS/c1-2-5-13-11(9-4-3-6-14-9)10-7-12-8-15-10/h4,7-8,11,13H,2-3,5-6H2,1H3. The lowest BCUT2D eigenvalue weighted by Gasteiger charge is -2.17. The van der Waals surface area contributed by atoms with Crippen LogP contribution >= 0.6 is 11.3 Å². The zero-order valence-corrected chi connectivity index (χ0v) is 9.72. The van der Waals surface area contributed by atoms with Crippen LogP contribution < -0.4 is 5.32 Å². The maximum absolute atomic E-state index is 5.61. The molecular formula is C11H16N2OS. The Morgan fingerprint density at radius 1 is 1.67 bits per heavy atom. The van der Waals surface area contributed by atoms with E-state index in [1.54, 1.807) is 11.3 Å². The van der Waals surface area contributed by atoms with Crippen molar-refractivity contribution in [3.63, 3.8) is 0 Å². The van der Waals surface area contributed by atoms with Crippen molar-refractivity contribution in [3.8, 4) is 0 Å². The molecule has 0 saturated heterocycles. The Balaban J connectivity index is 2.09. The number of hydrogen-bond donors (Lipinski definition) is 1. The van der Waals surface area contributed by atoms with Gasteiger partial charge in [0.2, 0.25) is 0 Å². The fraction of sp³-hybridized carbons (Fsp3) is 0.545. The number of rotatable bonds is 5. The van der Waals surface area contributed by atoms with Crippen LogP contribution in [0.1, 0.15) is 30.7 Å². The first-order valence-electron chi connectivity index (χ1n) is 5.36. The lowest BCUT2D eigenvalue weighted by molar-refractivity contribution is 0.216. The molecule has 2 rings (SSSR count). The minimum absolute atomic E-state index is 0.208. The van der Waals surface area contributed by atoms with Crippen LogP contribution in [-0.2, 0) is 4.74 Å². The average molecular weight is 224 g/mol. The van der Waals surface area contributed by atoms with Gasteiger partial charge in [0.1, 0.15) is 11.8 Å². The SMILES string of the molecule is CCCNC(C1=CCCO1)c1cncs1. The van der Waals surface area contributed by atoms with E-state index in [0.29, 0.717) is 0 Å². The molecule has 1 unspecified atom stereocenters. The average Bonchev–Trinajstić information content (AvgIpc) is 2.90. The third-order valence-electron chi connectivity index (χ3n) is 2.35. The molecule has 0 spiro atoms. The molecule has 0 amide bonds. The van der Waals surface area contributed by atoms with Gasteiger partial charge < -0.3 is 10.1 Å². The van der Waals surface area contributed by atoms with Gasteiger partial charge in [-0.05, 0) is 19.0 Å². The van der Waals surface area contributed by atoms with E-state index in [9.17, 15) is 0 Å². The Bertz CT molecular complexity index is 321. The highest BCUT2D eigenvalue weighted by atomic mass is 32.1. The molecule has 0 radical (unpaired) electrons. The van der Waals surface area contributed by atoms with Crippen LogP contribution in [0.15, 0.2) is 23.5 Å². The van der Waals surface area contributed by atoms with Crippen LogP contribution in [0.2, 0.25) is 0 Å². The highest BCUT2D eigenvalue weighted by Crippen LogP contribution is 2.28. The molecule has 1 N–H and O–H groups in total. The highest BCUT2D eigenvalue weighted by molar-refractivity contribution is 7.09. The van der Waals surface area contributed by atoms with Gasteiger partial charge in [-0.25, -0.2) is 0 Å². The summed E-state index contributed by atoms with van der Waals surface area (Å²) in [7, 11) is 0. The van der Waals surface area contributed by atoms with E-state index in [0.717, 1.165) is 31.8 Å². The normalized spacial score (nSPS) is 17.3. The van der Waals surface area contributed by atoms with Crippen molar-refractivity contribution >= 4 is 11.3 Å². The van der Waals surface area contributed by atoms with Gasteiger partial charge in [-0.15, -0.1) is 11.3 Å². The second-order valence-corrected chi connectivity index (χ2v) is 4.45. The van der Waals surface area contributed by atoms with Crippen molar-refractivity contribution in [2.24, 2.45) is 0 Å². The summed E-state index contributed by atoms with van der Waals surface area (Å²) in [5.41, 5.74) is 1.87. The molecule has 3 nitrogen and oxygen atoms in total. The smallest absolute Gasteiger partial charge is 0.114 e. The van der Waals surface area contributed by atoms with Gasteiger partial charge in [0.05, 0.1) is 12.1 Å². The fourth-order valence-electron chi connectivity index (χ4n) is 1.64. The molecule has 0 aliphatic carbocycles. The molecule has 1 atom stereocenters. The van der Waals surface area contributed by atoms with Gasteiger partial charge in [0.25, 0.3) is 0 Å². The summed E-state index contributed by atoms with van der Waals surface area (Å²) in [6, 6.07) is 0.208. The van der Waals surface area contributed by atoms with Crippen LogP contribution in [0.25, 0.3) is 0 Å². The van der Waals surface area contributed by atoms with E-state index < -0.39 is 0 Å². The lowest BCUT2D eigenvalue weighted by Crippen LogP contribution is -2.23. The second-order valence-electron chi connectivity index (χ2n) is 3.53. The molecule has 1 aromatic rings. The van der Waals surface area contributed by atoms with Crippen LogP contribution in [0.3, 0.4) is 0 Å².